The zero-order valence-electron chi connectivity index (χ0n) is 8.03. The zero-order chi connectivity index (χ0) is 10.1. The van der Waals surface area contributed by atoms with Gasteiger partial charge in [-0.3, -0.25) is 9.59 Å². The van der Waals surface area contributed by atoms with E-state index in [1.54, 1.807) is 0 Å². The maximum absolute atomic E-state index is 11.5. The van der Waals surface area contributed by atoms with E-state index in [2.05, 4.69) is 5.32 Å². The molecule has 0 aromatic carbocycles. The number of rotatable bonds is 3. The Morgan fingerprint density at radius 1 is 1.21 bits per heavy atom. The molecule has 0 radical (unpaired) electrons. The van der Waals surface area contributed by atoms with E-state index < -0.39 is 5.97 Å². The second kappa shape index (κ2) is 3.59. The van der Waals surface area contributed by atoms with Crippen molar-refractivity contribution in [3.05, 3.63) is 0 Å². The molecule has 4 nitrogen and oxygen atoms in total. The maximum atomic E-state index is 11.5. The van der Waals surface area contributed by atoms with Gasteiger partial charge in [-0.1, -0.05) is 12.8 Å². The summed E-state index contributed by atoms with van der Waals surface area (Å²) in [7, 11) is 0. The van der Waals surface area contributed by atoms with Gasteiger partial charge in [-0.15, -0.1) is 0 Å². The van der Waals surface area contributed by atoms with Crippen molar-refractivity contribution >= 4 is 11.9 Å². The predicted octanol–water partition coefficient (Wildman–Crippen LogP) is 0.623. The molecule has 2 fully saturated rings. The van der Waals surface area contributed by atoms with E-state index in [4.69, 9.17) is 5.11 Å². The Morgan fingerprint density at radius 3 is 2.29 bits per heavy atom. The number of hydrogen-bond acceptors (Lipinski definition) is 2. The van der Waals surface area contributed by atoms with Crippen molar-refractivity contribution in [3.63, 3.8) is 0 Å². The van der Waals surface area contributed by atoms with Gasteiger partial charge in [0.2, 0.25) is 5.91 Å². The van der Waals surface area contributed by atoms with E-state index >= 15 is 0 Å². The van der Waals surface area contributed by atoms with Crippen molar-refractivity contribution in [3.8, 4) is 0 Å². The molecule has 1 amide bonds. The summed E-state index contributed by atoms with van der Waals surface area (Å²) in [6.45, 7) is -0.241. The number of nitrogens with one attached hydrogen (secondary N) is 1. The van der Waals surface area contributed by atoms with Crippen LogP contribution in [0.3, 0.4) is 0 Å². The van der Waals surface area contributed by atoms with Gasteiger partial charge in [0.05, 0.1) is 0 Å². The zero-order valence-corrected chi connectivity index (χ0v) is 8.03. The molecule has 0 aromatic heterocycles. The minimum absolute atomic E-state index is 0.0516. The second-order valence-electron chi connectivity index (χ2n) is 4.25. The van der Waals surface area contributed by atoms with Gasteiger partial charge in [-0.05, 0) is 24.7 Å². The van der Waals surface area contributed by atoms with E-state index in [0.717, 1.165) is 12.8 Å². The Bertz CT molecular complexity index is 252. The molecule has 2 saturated carbocycles. The standard InChI is InChI=1S/C10H15NO3/c12-8(13)5-11-10(14)9-6-3-1-2-4-7(6)9/h6-7,9H,1-5H2,(H,11,14)(H,12,13). The summed E-state index contributed by atoms with van der Waals surface area (Å²) in [5.41, 5.74) is 0. The number of hydrogen-bond donors (Lipinski definition) is 2. The Morgan fingerprint density at radius 2 is 1.79 bits per heavy atom. The minimum Gasteiger partial charge on any atom is -0.480 e. The van der Waals surface area contributed by atoms with Crippen LogP contribution in [0, 0.1) is 17.8 Å². The molecule has 14 heavy (non-hydrogen) atoms. The molecule has 4 heteroatoms. The first kappa shape index (κ1) is 9.49. The van der Waals surface area contributed by atoms with Gasteiger partial charge in [-0.2, -0.15) is 0 Å². The quantitative estimate of drug-likeness (QED) is 0.697. The minimum atomic E-state index is -0.970. The first-order chi connectivity index (χ1) is 6.70. The fourth-order valence-corrected chi connectivity index (χ4v) is 2.66. The lowest BCUT2D eigenvalue weighted by atomic mass is 10.0. The van der Waals surface area contributed by atoms with Crippen molar-refractivity contribution in [2.75, 3.05) is 6.54 Å². The number of aliphatic carboxylic acids is 1. The summed E-state index contributed by atoms with van der Waals surface area (Å²) in [5, 5.41) is 10.9. The topological polar surface area (TPSA) is 66.4 Å². The van der Waals surface area contributed by atoms with E-state index in [1.807, 2.05) is 0 Å². The summed E-state index contributed by atoms with van der Waals surface area (Å²) < 4.78 is 0. The first-order valence-electron chi connectivity index (χ1n) is 5.19. The molecule has 2 rings (SSSR count). The van der Waals surface area contributed by atoms with Crippen LogP contribution in [0.15, 0.2) is 0 Å². The lowest BCUT2D eigenvalue weighted by Gasteiger charge is -2.04. The van der Waals surface area contributed by atoms with Crippen LogP contribution in [-0.2, 0) is 9.59 Å². The van der Waals surface area contributed by atoms with Crippen molar-refractivity contribution in [1.82, 2.24) is 5.32 Å². The highest BCUT2D eigenvalue weighted by Gasteiger charge is 2.54. The van der Waals surface area contributed by atoms with Crippen LogP contribution >= 0.6 is 0 Å². The molecule has 0 saturated heterocycles. The smallest absolute Gasteiger partial charge is 0.322 e. The molecule has 2 atom stereocenters. The first-order valence-corrected chi connectivity index (χ1v) is 5.19. The molecule has 2 aliphatic carbocycles. The highest BCUT2D eigenvalue weighted by molar-refractivity contribution is 5.85. The van der Waals surface area contributed by atoms with Crippen LogP contribution in [0.4, 0.5) is 0 Å². The molecule has 0 spiro atoms. The normalized spacial score (nSPS) is 34.4. The van der Waals surface area contributed by atoms with Crippen molar-refractivity contribution in [2.45, 2.75) is 25.7 Å². The number of carboxylic acid groups (broad SMARTS) is 1. The number of carbonyl (C=O) groups is 2. The number of amides is 1. The van der Waals surface area contributed by atoms with E-state index in [0.29, 0.717) is 11.8 Å². The lowest BCUT2D eigenvalue weighted by molar-refractivity contribution is -0.138. The van der Waals surface area contributed by atoms with Gasteiger partial charge < -0.3 is 10.4 Å². The third-order valence-corrected chi connectivity index (χ3v) is 3.37. The SMILES string of the molecule is O=C(O)CNC(=O)C1C2CCCCC21. The molecule has 2 N–H and O–H groups in total. The summed E-state index contributed by atoms with van der Waals surface area (Å²) in [4.78, 5) is 21.7. The molecule has 78 valence electrons. The summed E-state index contributed by atoms with van der Waals surface area (Å²) >= 11 is 0. The number of fused-ring (bicyclic) bond motifs is 1. The van der Waals surface area contributed by atoms with Crippen molar-refractivity contribution < 1.29 is 14.7 Å². The number of carboxylic acids is 1. The summed E-state index contributed by atoms with van der Waals surface area (Å²) in [5.74, 6) is 0.207. The van der Waals surface area contributed by atoms with E-state index in [9.17, 15) is 9.59 Å². The van der Waals surface area contributed by atoms with Crippen LogP contribution in [-0.4, -0.2) is 23.5 Å². The van der Waals surface area contributed by atoms with E-state index in [1.165, 1.54) is 12.8 Å². The predicted molar refractivity (Wildman–Crippen MR) is 49.6 cm³/mol. The van der Waals surface area contributed by atoms with E-state index in [-0.39, 0.29) is 18.4 Å². The Balaban J connectivity index is 1.79. The van der Waals surface area contributed by atoms with Crippen LogP contribution in [0.2, 0.25) is 0 Å². The second-order valence-corrected chi connectivity index (χ2v) is 4.25. The fraction of sp³-hybridized carbons (Fsp3) is 0.800. The third-order valence-electron chi connectivity index (χ3n) is 3.37. The average Bonchev–Trinajstić information content (AvgIpc) is 2.88. The van der Waals surface area contributed by atoms with Crippen molar-refractivity contribution in [1.29, 1.82) is 0 Å². The fourth-order valence-electron chi connectivity index (χ4n) is 2.66. The van der Waals surface area contributed by atoms with Gasteiger partial charge in [0.15, 0.2) is 0 Å². The van der Waals surface area contributed by atoms with Gasteiger partial charge >= 0.3 is 5.97 Å². The van der Waals surface area contributed by atoms with Gasteiger partial charge in [0.1, 0.15) is 6.54 Å². The molecule has 0 heterocycles. The molecule has 2 unspecified atom stereocenters. The maximum Gasteiger partial charge on any atom is 0.322 e. The molecule has 0 aliphatic heterocycles. The van der Waals surface area contributed by atoms with Gasteiger partial charge in [0, 0.05) is 5.92 Å². The summed E-state index contributed by atoms with van der Waals surface area (Å²) in [6, 6.07) is 0. The van der Waals surface area contributed by atoms with Crippen LogP contribution in [0.5, 0.6) is 0 Å². The number of carbonyl (C=O) groups excluding carboxylic acids is 1. The van der Waals surface area contributed by atoms with Crippen LogP contribution in [0.1, 0.15) is 25.7 Å². The average molecular weight is 197 g/mol. The van der Waals surface area contributed by atoms with Crippen molar-refractivity contribution in [2.24, 2.45) is 17.8 Å². The van der Waals surface area contributed by atoms with Crippen LogP contribution < -0.4 is 5.32 Å². The third kappa shape index (κ3) is 1.74. The molecular formula is C10H15NO3. The van der Waals surface area contributed by atoms with Crippen LogP contribution in [0.25, 0.3) is 0 Å². The monoisotopic (exact) mass is 197 g/mol. The van der Waals surface area contributed by atoms with Gasteiger partial charge in [0.25, 0.3) is 0 Å². The Kier molecular flexibility index (Phi) is 2.44. The molecular weight excluding hydrogens is 182 g/mol. The Labute approximate surface area is 82.7 Å². The highest BCUT2D eigenvalue weighted by atomic mass is 16.4. The molecule has 0 aromatic rings. The summed E-state index contributed by atoms with van der Waals surface area (Å²) in [6.07, 6.45) is 4.75. The largest absolute Gasteiger partial charge is 0.480 e. The molecule has 2 aliphatic rings. The highest BCUT2D eigenvalue weighted by Crippen LogP contribution is 2.55. The van der Waals surface area contributed by atoms with Gasteiger partial charge in [-0.25, -0.2) is 0 Å². The molecule has 0 bridgehead atoms. The lowest BCUT2D eigenvalue weighted by Crippen LogP contribution is -2.31. The Hall–Kier alpha value is -1.06.